The van der Waals surface area contributed by atoms with Gasteiger partial charge in [0.1, 0.15) is 11.3 Å². The molecule has 5 nitrogen and oxygen atoms in total. The maximum absolute atomic E-state index is 5.80. The number of fused-ring (bicyclic) bond motifs is 1. The van der Waals surface area contributed by atoms with E-state index in [2.05, 4.69) is 32.7 Å². The number of rotatable bonds is 5. The third-order valence-electron chi connectivity index (χ3n) is 3.53. The third kappa shape index (κ3) is 4.95. The Bertz CT molecular complexity index is 753. The number of furan rings is 1. The fourth-order valence-corrected chi connectivity index (χ4v) is 2.36. The van der Waals surface area contributed by atoms with Gasteiger partial charge in [0.15, 0.2) is 5.96 Å². The zero-order chi connectivity index (χ0) is 15.9. The Morgan fingerprint density at radius 3 is 2.71 bits per heavy atom. The Morgan fingerprint density at radius 2 is 1.96 bits per heavy atom. The number of hydrogen-bond donors (Lipinski definition) is 2. The minimum absolute atomic E-state index is 0. The normalized spacial score (nSPS) is 11.1. The fourth-order valence-electron chi connectivity index (χ4n) is 2.36. The van der Waals surface area contributed by atoms with Gasteiger partial charge in [-0.2, -0.15) is 0 Å². The number of benzene rings is 1. The predicted molar refractivity (Wildman–Crippen MR) is 108 cm³/mol. The lowest BCUT2D eigenvalue weighted by molar-refractivity contribution is 0.544. The molecule has 3 rings (SSSR count). The van der Waals surface area contributed by atoms with E-state index >= 15 is 0 Å². The number of aliphatic imine (C=N–C) groups is 1. The lowest BCUT2D eigenvalue weighted by Gasteiger charge is -2.10. The number of aromatic nitrogens is 1. The zero-order valence-electron chi connectivity index (χ0n) is 13.5. The molecule has 0 atom stereocenters. The largest absolute Gasteiger partial charge is 0.461 e. The Balaban J connectivity index is 0.00000208. The Hall–Kier alpha value is -2.09. The van der Waals surface area contributed by atoms with Gasteiger partial charge in [0, 0.05) is 31.6 Å². The van der Waals surface area contributed by atoms with E-state index in [-0.39, 0.29) is 24.0 Å². The maximum atomic E-state index is 5.80. The zero-order valence-corrected chi connectivity index (χ0v) is 15.9. The van der Waals surface area contributed by atoms with Gasteiger partial charge in [0.25, 0.3) is 0 Å². The number of guanidine groups is 1. The first-order valence-electron chi connectivity index (χ1n) is 7.67. The minimum Gasteiger partial charge on any atom is -0.461 e. The molecule has 2 aromatic heterocycles. The first kappa shape index (κ1) is 18.3. The van der Waals surface area contributed by atoms with Crippen LogP contribution in [0, 0.1) is 0 Å². The molecule has 0 radical (unpaired) electrons. The van der Waals surface area contributed by atoms with E-state index in [1.54, 1.807) is 13.2 Å². The van der Waals surface area contributed by atoms with Crippen LogP contribution in [0.5, 0.6) is 0 Å². The van der Waals surface area contributed by atoms with Gasteiger partial charge in [0.05, 0.1) is 12.2 Å². The highest BCUT2D eigenvalue weighted by Gasteiger charge is 2.04. The Morgan fingerprint density at radius 1 is 1.12 bits per heavy atom. The number of halogens is 1. The number of hydrogen-bond acceptors (Lipinski definition) is 3. The molecule has 0 saturated heterocycles. The number of nitrogens with zero attached hydrogens (tertiary/aromatic N) is 2. The minimum atomic E-state index is 0. The SMILES string of the molecule is CN=C(NCCc1cc2ccccc2o1)NCc1ccccn1.I. The Kier molecular flexibility index (Phi) is 7.05. The van der Waals surface area contributed by atoms with E-state index in [1.807, 2.05) is 36.4 Å². The maximum Gasteiger partial charge on any atom is 0.191 e. The van der Waals surface area contributed by atoms with E-state index in [0.29, 0.717) is 6.54 Å². The number of para-hydroxylation sites is 1. The molecule has 0 aliphatic rings. The summed E-state index contributed by atoms with van der Waals surface area (Å²) in [5.41, 5.74) is 1.91. The summed E-state index contributed by atoms with van der Waals surface area (Å²) in [7, 11) is 1.76. The second-order valence-corrected chi connectivity index (χ2v) is 5.17. The molecule has 0 fully saturated rings. The van der Waals surface area contributed by atoms with Gasteiger partial charge in [-0.05, 0) is 24.3 Å². The summed E-state index contributed by atoms with van der Waals surface area (Å²) >= 11 is 0. The standard InChI is InChI=1S/C18H20N4O.HI/c1-19-18(22-13-15-7-4-5-10-20-15)21-11-9-16-12-14-6-2-3-8-17(14)23-16;/h2-8,10,12H,9,11,13H2,1H3,(H2,19,21,22);1H. The van der Waals surface area contributed by atoms with Gasteiger partial charge in [-0.1, -0.05) is 24.3 Å². The molecule has 0 amide bonds. The smallest absolute Gasteiger partial charge is 0.191 e. The number of pyridine rings is 1. The van der Waals surface area contributed by atoms with Crippen LogP contribution in [-0.4, -0.2) is 24.5 Å². The highest BCUT2D eigenvalue weighted by molar-refractivity contribution is 14.0. The van der Waals surface area contributed by atoms with Crippen LogP contribution in [0.1, 0.15) is 11.5 Å². The van der Waals surface area contributed by atoms with Crippen molar-refractivity contribution in [3.8, 4) is 0 Å². The van der Waals surface area contributed by atoms with E-state index < -0.39 is 0 Å². The molecule has 0 bridgehead atoms. The summed E-state index contributed by atoms with van der Waals surface area (Å²) < 4.78 is 5.80. The second-order valence-electron chi connectivity index (χ2n) is 5.17. The van der Waals surface area contributed by atoms with Crippen molar-refractivity contribution in [1.82, 2.24) is 15.6 Å². The van der Waals surface area contributed by atoms with Gasteiger partial charge in [-0.15, -0.1) is 24.0 Å². The van der Waals surface area contributed by atoms with Crippen LogP contribution < -0.4 is 10.6 Å². The monoisotopic (exact) mass is 436 g/mol. The summed E-state index contributed by atoms with van der Waals surface area (Å²) in [6.45, 7) is 1.40. The van der Waals surface area contributed by atoms with Crippen LogP contribution in [0.25, 0.3) is 11.0 Å². The fraction of sp³-hybridized carbons (Fsp3) is 0.222. The van der Waals surface area contributed by atoms with Crippen LogP contribution >= 0.6 is 24.0 Å². The molecular formula is C18H21IN4O. The van der Waals surface area contributed by atoms with E-state index in [0.717, 1.165) is 41.3 Å². The summed E-state index contributed by atoms with van der Waals surface area (Å²) in [6, 6.07) is 16.0. The van der Waals surface area contributed by atoms with Gasteiger partial charge in [-0.25, -0.2) is 0 Å². The first-order valence-corrected chi connectivity index (χ1v) is 7.67. The van der Waals surface area contributed by atoms with Crippen LogP contribution in [0.15, 0.2) is 64.1 Å². The third-order valence-corrected chi connectivity index (χ3v) is 3.53. The molecule has 0 aliphatic heterocycles. The van der Waals surface area contributed by atoms with Crippen LogP contribution in [0.3, 0.4) is 0 Å². The van der Waals surface area contributed by atoms with E-state index in [9.17, 15) is 0 Å². The van der Waals surface area contributed by atoms with Crippen molar-refractivity contribution >= 4 is 40.9 Å². The van der Waals surface area contributed by atoms with Crippen molar-refractivity contribution in [2.45, 2.75) is 13.0 Å². The topological polar surface area (TPSA) is 62.5 Å². The average molecular weight is 436 g/mol. The lowest BCUT2D eigenvalue weighted by atomic mass is 10.2. The number of nitrogens with one attached hydrogen (secondary N) is 2. The predicted octanol–water partition coefficient (Wildman–Crippen LogP) is 3.35. The van der Waals surface area contributed by atoms with Crippen molar-refractivity contribution in [1.29, 1.82) is 0 Å². The molecule has 0 aliphatic carbocycles. The van der Waals surface area contributed by atoms with Gasteiger partial charge >= 0.3 is 0 Å². The van der Waals surface area contributed by atoms with Crippen molar-refractivity contribution in [3.63, 3.8) is 0 Å². The van der Waals surface area contributed by atoms with E-state index in [4.69, 9.17) is 4.42 Å². The molecule has 1 aromatic carbocycles. The summed E-state index contributed by atoms with van der Waals surface area (Å²) in [5, 5.41) is 7.67. The molecule has 2 N–H and O–H groups in total. The van der Waals surface area contributed by atoms with Crippen molar-refractivity contribution < 1.29 is 4.42 Å². The van der Waals surface area contributed by atoms with Crippen LogP contribution in [0.2, 0.25) is 0 Å². The molecule has 126 valence electrons. The molecule has 0 saturated carbocycles. The quantitative estimate of drug-likeness (QED) is 0.366. The molecule has 24 heavy (non-hydrogen) atoms. The highest BCUT2D eigenvalue weighted by Crippen LogP contribution is 2.18. The summed E-state index contributed by atoms with van der Waals surface area (Å²) in [5.74, 6) is 1.73. The van der Waals surface area contributed by atoms with Crippen molar-refractivity contribution in [2.75, 3.05) is 13.6 Å². The van der Waals surface area contributed by atoms with Gasteiger partial charge in [0.2, 0.25) is 0 Å². The summed E-state index contributed by atoms with van der Waals surface area (Å²) in [6.07, 6.45) is 2.59. The van der Waals surface area contributed by atoms with Gasteiger partial charge in [-0.3, -0.25) is 9.98 Å². The van der Waals surface area contributed by atoms with E-state index in [1.165, 1.54) is 0 Å². The highest BCUT2D eigenvalue weighted by atomic mass is 127. The lowest BCUT2D eigenvalue weighted by Crippen LogP contribution is -2.38. The average Bonchev–Trinajstić information content (AvgIpc) is 3.01. The first-order chi connectivity index (χ1) is 11.3. The Labute approximate surface area is 158 Å². The molecular weight excluding hydrogens is 415 g/mol. The van der Waals surface area contributed by atoms with Crippen LogP contribution in [0.4, 0.5) is 0 Å². The van der Waals surface area contributed by atoms with Crippen LogP contribution in [-0.2, 0) is 13.0 Å². The molecule has 2 heterocycles. The second kappa shape index (κ2) is 9.27. The molecule has 0 unspecified atom stereocenters. The molecule has 3 aromatic rings. The summed E-state index contributed by atoms with van der Waals surface area (Å²) in [4.78, 5) is 8.49. The molecule has 6 heteroatoms. The molecule has 0 spiro atoms. The van der Waals surface area contributed by atoms with Gasteiger partial charge < -0.3 is 15.1 Å². The van der Waals surface area contributed by atoms with Crippen molar-refractivity contribution in [3.05, 3.63) is 66.2 Å². The van der Waals surface area contributed by atoms with Crippen molar-refractivity contribution in [2.24, 2.45) is 4.99 Å².